The molecular weight excluding hydrogens is 360 g/mol. The van der Waals surface area contributed by atoms with Gasteiger partial charge in [0.2, 0.25) is 0 Å². The highest BCUT2D eigenvalue weighted by molar-refractivity contribution is 5.86. The summed E-state index contributed by atoms with van der Waals surface area (Å²) in [6.07, 6.45) is 13.3. The molecule has 6 nitrogen and oxygen atoms in total. The molecule has 0 spiro atoms. The Balaban J connectivity index is 0. The zero-order valence-corrected chi connectivity index (χ0v) is 17.8. The first-order chi connectivity index (χ1) is 13.1. The van der Waals surface area contributed by atoms with E-state index in [4.69, 9.17) is 15.3 Å². The summed E-state index contributed by atoms with van der Waals surface area (Å²) < 4.78 is 0. The predicted molar refractivity (Wildman–Crippen MR) is 111 cm³/mol. The molecule has 0 amide bonds. The van der Waals surface area contributed by atoms with Gasteiger partial charge < -0.3 is 15.3 Å². The van der Waals surface area contributed by atoms with Gasteiger partial charge >= 0.3 is 17.9 Å². The van der Waals surface area contributed by atoms with E-state index in [1.807, 2.05) is 13.0 Å². The van der Waals surface area contributed by atoms with Gasteiger partial charge in [-0.15, -0.1) is 0 Å². The maximum Gasteiger partial charge on any atom is 0.330 e. The molecule has 0 bridgehead atoms. The van der Waals surface area contributed by atoms with Gasteiger partial charge in [0.25, 0.3) is 0 Å². The summed E-state index contributed by atoms with van der Waals surface area (Å²) in [5.74, 6) is -1.92. The van der Waals surface area contributed by atoms with Gasteiger partial charge in [-0.2, -0.15) is 0 Å². The van der Waals surface area contributed by atoms with Crippen molar-refractivity contribution in [3.8, 4) is 0 Å². The third-order valence-corrected chi connectivity index (χ3v) is 4.32. The van der Waals surface area contributed by atoms with E-state index in [2.05, 4.69) is 0 Å². The molecule has 1 aliphatic carbocycles. The standard InChI is InChI=1S/C10H16O2.C7H12O2.C5H8O2/c1-8(10(11)12)7-9-5-3-2-4-6-9;1-3-4-5-6(2)7(8)9;1-3-4(2)5(6)7/h7,9H,2-6H2,1H3,(H,11,12);5H,3-4H2,1-2H3,(H,8,9);3H,1-2H3,(H,6,7). The van der Waals surface area contributed by atoms with Crippen molar-refractivity contribution in [1.29, 1.82) is 0 Å². The fourth-order valence-electron chi connectivity index (χ4n) is 2.30. The number of aliphatic carboxylic acids is 3. The predicted octanol–water partition coefficient (Wildman–Crippen LogP) is 5.45. The van der Waals surface area contributed by atoms with Gasteiger partial charge in [0.05, 0.1) is 0 Å². The minimum atomic E-state index is -0.845. The smallest absolute Gasteiger partial charge is 0.330 e. The minimum Gasteiger partial charge on any atom is -0.478 e. The summed E-state index contributed by atoms with van der Waals surface area (Å²) in [6, 6.07) is 0. The molecular formula is C22H36O6. The van der Waals surface area contributed by atoms with E-state index in [0.29, 0.717) is 22.6 Å². The van der Waals surface area contributed by atoms with Crippen molar-refractivity contribution in [3.05, 3.63) is 34.9 Å². The molecule has 0 aliphatic heterocycles. The van der Waals surface area contributed by atoms with Gasteiger partial charge in [-0.05, 0) is 52.9 Å². The zero-order valence-electron chi connectivity index (χ0n) is 17.8. The van der Waals surface area contributed by atoms with E-state index >= 15 is 0 Å². The summed E-state index contributed by atoms with van der Waals surface area (Å²) in [7, 11) is 0. The molecule has 0 saturated heterocycles. The molecule has 0 aromatic heterocycles. The Labute approximate surface area is 168 Å². The first-order valence-electron chi connectivity index (χ1n) is 9.74. The van der Waals surface area contributed by atoms with Gasteiger partial charge in [0.15, 0.2) is 0 Å². The summed E-state index contributed by atoms with van der Waals surface area (Å²) in [4.78, 5) is 30.5. The minimum absolute atomic E-state index is 0.389. The lowest BCUT2D eigenvalue weighted by molar-refractivity contribution is -0.133. The molecule has 0 aromatic carbocycles. The monoisotopic (exact) mass is 396 g/mol. The van der Waals surface area contributed by atoms with Crippen LogP contribution in [0.1, 0.15) is 79.6 Å². The number of carboxylic acid groups (broad SMARTS) is 3. The first kappa shape index (κ1) is 27.8. The van der Waals surface area contributed by atoms with Crippen molar-refractivity contribution < 1.29 is 29.7 Å². The van der Waals surface area contributed by atoms with Gasteiger partial charge in [0.1, 0.15) is 0 Å². The maximum absolute atomic E-state index is 10.5. The lowest BCUT2D eigenvalue weighted by Crippen LogP contribution is -2.06. The number of carboxylic acids is 3. The SMILES string of the molecule is CC(=CC1CCCCC1)C(=O)O.CC=C(C)C(=O)O.CCCC=C(C)C(=O)O. The van der Waals surface area contributed by atoms with E-state index in [1.54, 1.807) is 39.8 Å². The van der Waals surface area contributed by atoms with Gasteiger partial charge in [-0.25, -0.2) is 14.4 Å². The van der Waals surface area contributed by atoms with Crippen LogP contribution >= 0.6 is 0 Å². The number of carbonyl (C=O) groups is 3. The third kappa shape index (κ3) is 15.9. The Bertz CT molecular complexity index is 578. The summed E-state index contributed by atoms with van der Waals surface area (Å²) >= 11 is 0. The quantitative estimate of drug-likeness (QED) is 0.515. The molecule has 28 heavy (non-hydrogen) atoms. The van der Waals surface area contributed by atoms with Crippen LogP contribution in [-0.2, 0) is 14.4 Å². The van der Waals surface area contributed by atoms with Gasteiger partial charge in [0, 0.05) is 16.7 Å². The topological polar surface area (TPSA) is 112 Å². The van der Waals surface area contributed by atoms with Gasteiger partial charge in [-0.1, -0.05) is 50.8 Å². The fourth-order valence-corrected chi connectivity index (χ4v) is 2.30. The maximum atomic E-state index is 10.5. The Morgan fingerprint density at radius 1 is 0.821 bits per heavy atom. The van der Waals surface area contributed by atoms with E-state index in [0.717, 1.165) is 12.8 Å². The number of hydrogen-bond acceptors (Lipinski definition) is 3. The second kappa shape index (κ2) is 16.8. The summed E-state index contributed by atoms with van der Waals surface area (Å²) in [5.41, 5.74) is 1.33. The molecule has 1 fully saturated rings. The van der Waals surface area contributed by atoms with Crippen molar-refractivity contribution in [2.45, 2.75) is 79.6 Å². The largest absolute Gasteiger partial charge is 0.478 e. The normalized spacial score (nSPS) is 15.5. The average Bonchev–Trinajstić information content (AvgIpc) is 2.66. The van der Waals surface area contributed by atoms with Crippen LogP contribution in [-0.4, -0.2) is 33.2 Å². The number of unbranched alkanes of at least 4 members (excludes halogenated alkanes) is 1. The molecule has 0 heterocycles. The highest BCUT2D eigenvalue weighted by Crippen LogP contribution is 2.25. The fraction of sp³-hybridized carbons (Fsp3) is 0.591. The van der Waals surface area contributed by atoms with Crippen molar-refractivity contribution in [2.24, 2.45) is 5.92 Å². The van der Waals surface area contributed by atoms with Gasteiger partial charge in [-0.3, -0.25) is 0 Å². The molecule has 1 rings (SSSR count). The average molecular weight is 397 g/mol. The summed E-state index contributed by atoms with van der Waals surface area (Å²) in [6.45, 7) is 8.56. The number of rotatable bonds is 6. The Kier molecular flexibility index (Phi) is 16.7. The Morgan fingerprint density at radius 3 is 1.61 bits per heavy atom. The zero-order chi connectivity index (χ0) is 22.1. The molecule has 1 saturated carbocycles. The van der Waals surface area contributed by atoms with Crippen LogP contribution in [0.25, 0.3) is 0 Å². The lowest BCUT2D eigenvalue weighted by atomic mass is 9.88. The molecule has 0 aromatic rings. The van der Waals surface area contributed by atoms with Crippen molar-refractivity contribution in [1.82, 2.24) is 0 Å². The third-order valence-electron chi connectivity index (χ3n) is 4.32. The molecule has 3 N–H and O–H groups in total. The lowest BCUT2D eigenvalue weighted by Gasteiger charge is -2.18. The van der Waals surface area contributed by atoms with Crippen LogP contribution < -0.4 is 0 Å². The van der Waals surface area contributed by atoms with Crippen LogP contribution in [0.3, 0.4) is 0 Å². The molecule has 0 atom stereocenters. The second-order valence-corrected chi connectivity index (χ2v) is 6.81. The molecule has 0 radical (unpaired) electrons. The van der Waals surface area contributed by atoms with E-state index in [9.17, 15) is 14.4 Å². The Morgan fingerprint density at radius 2 is 1.29 bits per heavy atom. The highest BCUT2D eigenvalue weighted by atomic mass is 16.4. The van der Waals surface area contributed by atoms with E-state index in [1.165, 1.54) is 32.1 Å². The van der Waals surface area contributed by atoms with Crippen LogP contribution in [0.4, 0.5) is 0 Å². The first-order valence-corrected chi connectivity index (χ1v) is 9.74. The van der Waals surface area contributed by atoms with E-state index in [-0.39, 0.29) is 0 Å². The van der Waals surface area contributed by atoms with Crippen LogP contribution in [0, 0.1) is 5.92 Å². The molecule has 6 heteroatoms. The Hall–Kier alpha value is -2.37. The van der Waals surface area contributed by atoms with Crippen LogP contribution in [0.15, 0.2) is 34.9 Å². The van der Waals surface area contributed by atoms with Crippen LogP contribution in [0.2, 0.25) is 0 Å². The van der Waals surface area contributed by atoms with Crippen molar-refractivity contribution >= 4 is 17.9 Å². The molecule has 160 valence electrons. The number of hydrogen-bond donors (Lipinski definition) is 3. The molecule has 1 aliphatic rings. The van der Waals surface area contributed by atoms with Crippen LogP contribution in [0.5, 0.6) is 0 Å². The van der Waals surface area contributed by atoms with Crippen molar-refractivity contribution in [2.75, 3.05) is 0 Å². The molecule has 0 unspecified atom stereocenters. The van der Waals surface area contributed by atoms with E-state index < -0.39 is 17.9 Å². The van der Waals surface area contributed by atoms with Crippen molar-refractivity contribution in [3.63, 3.8) is 0 Å². The second-order valence-electron chi connectivity index (χ2n) is 6.81. The number of allylic oxidation sites excluding steroid dienone is 3. The highest BCUT2D eigenvalue weighted by Gasteiger charge is 2.12. The summed E-state index contributed by atoms with van der Waals surface area (Å²) in [5, 5.41) is 25.1.